The van der Waals surface area contributed by atoms with Crippen molar-refractivity contribution in [3.8, 4) is 0 Å². The minimum atomic E-state index is -0.615. The molecule has 176 valence electrons. The van der Waals surface area contributed by atoms with Gasteiger partial charge in [-0.05, 0) is 81.4 Å². The zero-order valence-corrected chi connectivity index (χ0v) is 22.1. The molecular formula is C25H22Cl3N3O2S. The molecule has 2 aliphatic heterocycles. The van der Waals surface area contributed by atoms with Gasteiger partial charge in [-0.25, -0.2) is 0 Å². The maximum atomic E-state index is 13.4. The Labute approximate surface area is 219 Å². The maximum Gasteiger partial charge on any atom is 0.270 e. The summed E-state index contributed by atoms with van der Waals surface area (Å²) in [6.45, 7) is 9.23. The van der Waals surface area contributed by atoms with Crippen LogP contribution in [0.5, 0.6) is 0 Å². The minimum absolute atomic E-state index is 0.0764. The topological polar surface area (TPSA) is 52.7 Å². The largest absolute Gasteiger partial charge is 0.363 e. The lowest BCUT2D eigenvalue weighted by molar-refractivity contribution is -0.122. The fraction of sp³-hybridized carbons (Fsp3) is 0.240. The van der Waals surface area contributed by atoms with E-state index in [1.54, 1.807) is 18.2 Å². The number of anilines is 2. The Morgan fingerprint density at radius 2 is 1.79 bits per heavy atom. The fourth-order valence-electron chi connectivity index (χ4n) is 4.50. The lowest BCUT2D eigenvalue weighted by Crippen LogP contribution is -2.54. The van der Waals surface area contributed by atoms with Gasteiger partial charge < -0.3 is 4.90 Å². The zero-order valence-electron chi connectivity index (χ0n) is 19.0. The number of amides is 2. The van der Waals surface area contributed by atoms with Gasteiger partial charge in [0.15, 0.2) is 5.11 Å². The Morgan fingerprint density at radius 1 is 1.09 bits per heavy atom. The SMILES string of the molecule is CCN1c2cc(Cl)c(/C=C3/C(=O)NC(=S)N(c4cccc(Cl)c4Cl)C3=O)cc2C(C)=CC1(C)C. The number of hydrogen-bond donors (Lipinski definition) is 1. The fourth-order valence-corrected chi connectivity index (χ4v) is 5.37. The number of hydrogen-bond acceptors (Lipinski definition) is 4. The monoisotopic (exact) mass is 533 g/mol. The first-order chi connectivity index (χ1) is 16.0. The van der Waals surface area contributed by atoms with Crippen LogP contribution in [0, 0.1) is 0 Å². The van der Waals surface area contributed by atoms with Crippen LogP contribution in [0.25, 0.3) is 11.6 Å². The molecule has 0 unspecified atom stereocenters. The van der Waals surface area contributed by atoms with Crippen LogP contribution in [0.1, 0.15) is 38.8 Å². The molecule has 0 saturated carbocycles. The normalized spacial score (nSPS) is 18.7. The summed E-state index contributed by atoms with van der Waals surface area (Å²) in [5.74, 6) is -1.22. The van der Waals surface area contributed by atoms with Gasteiger partial charge in [0.2, 0.25) is 0 Å². The second kappa shape index (κ2) is 9.00. The maximum absolute atomic E-state index is 13.4. The van der Waals surface area contributed by atoms with E-state index in [4.69, 9.17) is 47.0 Å². The standard InChI is InChI=1S/C25H22Cl3N3O2S/c1-5-30-20-11-18(27)14(9-15(20)13(2)12-25(30,3)4)10-16-22(32)29-24(34)31(23(16)33)19-8-6-7-17(26)21(19)28/h6-12H,5H2,1-4H3,(H,29,32,34)/b16-10-. The van der Waals surface area contributed by atoms with E-state index in [0.717, 1.165) is 28.3 Å². The van der Waals surface area contributed by atoms with Crippen molar-refractivity contribution in [1.29, 1.82) is 0 Å². The molecule has 0 spiro atoms. The highest BCUT2D eigenvalue weighted by Gasteiger charge is 2.36. The summed E-state index contributed by atoms with van der Waals surface area (Å²) in [5.41, 5.74) is 3.64. The van der Waals surface area contributed by atoms with Crippen LogP contribution in [0.2, 0.25) is 15.1 Å². The van der Waals surface area contributed by atoms with E-state index in [1.807, 2.05) is 19.1 Å². The average molecular weight is 535 g/mol. The number of carbonyl (C=O) groups is 2. The first-order valence-electron chi connectivity index (χ1n) is 10.6. The molecule has 4 rings (SSSR count). The van der Waals surface area contributed by atoms with E-state index in [1.165, 1.54) is 6.08 Å². The molecule has 1 saturated heterocycles. The Balaban J connectivity index is 1.82. The lowest BCUT2D eigenvalue weighted by Gasteiger charge is -2.43. The number of carbonyl (C=O) groups excluding carboxylic acids is 2. The van der Waals surface area contributed by atoms with Crippen molar-refractivity contribution in [2.24, 2.45) is 0 Å². The highest BCUT2D eigenvalue weighted by molar-refractivity contribution is 7.80. The average Bonchev–Trinajstić information content (AvgIpc) is 2.74. The van der Waals surface area contributed by atoms with E-state index < -0.39 is 11.8 Å². The van der Waals surface area contributed by atoms with Crippen LogP contribution < -0.4 is 15.1 Å². The van der Waals surface area contributed by atoms with Crippen LogP contribution in [0.15, 0.2) is 42.0 Å². The van der Waals surface area contributed by atoms with Crippen molar-refractivity contribution >= 4 is 87.0 Å². The summed E-state index contributed by atoms with van der Waals surface area (Å²) in [5, 5.41) is 3.33. The van der Waals surface area contributed by atoms with Crippen molar-refractivity contribution in [3.05, 3.63) is 68.2 Å². The number of thiocarbonyl (C=S) groups is 1. The van der Waals surface area contributed by atoms with E-state index in [-0.39, 0.29) is 32.0 Å². The van der Waals surface area contributed by atoms with Crippen molar-refractivity contribution in [2.75, 3.05) is 16.3 Å². The molecule has 34 heavy (non-hydrogen) atoms. The summed E-state index contributed by atoms with van der Waals surface area (Å²) in [6, 6.07) is 8.64. The number of nitrogens with zero attached hydrogens (tertiary/aromatic N) is 2. The van der Waals surface area contributed by atoms with Gasteiger partial charge >= 0.3 is 0 Å². The van der Waals surface area contributed by atoms with Gasteiger partial charge in [0.25, 0.3) is 11.8 Å². The van der Waals surface area contributed by atoms with Gasteiger partial charge in [-0.15, -0.1) is 0 Å². The van der Waals surface area contributed by atoms with E-state index in [2.05, 4.69) is 37.1 Å². The first kappa shape index (κ1) is 24.7. The third kappa shape index (κ3) is 4.13. The van der Waals surface area contributed by atoms with Gasteiger partial charge in [0.05, 0.1) is 21.3 Å². The highest BCUT2D eigenvalue weighted by atomic mass is 35.5. The quantitative estimate of drug-likeness (QED) is 0.277. The molecule has 1 N–H and O–H groups in total. The molecule has 0 aliphatic carbocycles. The van der Waals surface area contributed by atoms with Crippen molar-refractivity contribution < 1.29 is 9.59 Å². The third-order valence-electron chi connectivity index (χ3n) is 5.99. The third-order valence-corrected chi connectivity index (χ3v) is 7.41. The summed E-state index contributed by atoms with van der Waals surface area (Å²) in [6.07, 6.45) is 3.68. The number of halogens is 3. The molecule has 2 amide bonds. The predicted molar refractivity (Wildman–Crippen MR) is 145 cm³/mol. The van der Waals surface area contributed by atoms with Gasteiger partial charge in [-0.2, -0.15) is 0 Å². The molecule has 2 heterocycles. The van der Waals surface area contributed by atoms with Gasteiger partial charge in [-0.3, -0.25) is 19.8 Å². The predicted octanol–water partition coefficient (Wildman–Crippen LogP) is 6.50. The number of fused-ring (bicyclic) bond motifs is 1. The van der Waals surface area contributed by atoms with Crippen LogP contribution in [-0.2, 0) is 9.59 Å². The molecule has 0 aromatic heterocycles. The summed E-state index contributed by atoms with van der Waals surface area (Å²) < 4.78 is 0. The lowest BCUT2D eigenvalue weighted by atomic mass is 9.87. The Bertz CT molecular complexity index is 1320. The summed E-state index contributed by atoms with van der Waals surface area (Å²) in [4.78, 5) is 29.6. The molecule has 0 atom stereocenters. The number of rotatable bonds is 3. The first-order valence-corrected chi connectivity index (χ1v) is 12.2. The molecule has 5 nitrogen and oxygen atoms in total. The van der Waals surface area contributed by atoms with Crippen molar-refractivity contribution in [2.45, 2.75) is 33.2 Å². The van der Waals surface area contributed by atoms with Crippen molar-refractivity contribution in [3.63, 3.8) is 0 Å². The summed E-state index contributed by atoms with van der Waals surface area (Å²) in [7, 11) is 0. The van der Waals surface area contributed by atoms with Crippen LogP contribution in [0.4, 0.5) is 11.4 Å². The molecule has 2 aromatic carbocycles. The molecule has 0 radical (unpaired) electrons. The Morgan fingerprint density at radius 3 is 2.47 bits per heavy atom. The van der Waals surface area contributed by atoms with E-state index >= 15 is 0 Å². The smallest absolute Gasteiger partial charge is 0.270 e. The molecule has 1 fully saturated rings. The summed E-state index contributed by atoms with van der Waals surface area (Å²) >= 11 is 24.4. The van der Waals surface area contributed by atoms with Crippen molar-refractivity contribution in [1.82, 2.24) is 5.32 Å². The minimum Gasteiger partial charge on any atom is -0.363 e. The molecule has 2 aliphatic rings. The van der Waals surface area contributed by atoms with E-state index in [0.29, 0.717) is 10.6 Å². The highest BCUT2D eigenvalue weighted by Crippen LogP contribution is 2.42. The number of likely N-dealkylation sites (N-methyl/N-ethyl adjacent to an activating group) is 1. The molecular weight excluding hydrogens is 513 g/mol. The number of allylic oxidation sites excluding steroid dienone is 1. The van der Waals surface area contributed by atoms with Gasteiger partial charge in [0.1, 0.15) is 5.57 Å². The van der Waals surface area contributed by atoms with Crippen LogP contribution in [0.3, 0.4) is 0 Å². The van der Waals surface area contributed by atoms with Crippen LogP contribution >= 0.6 is 47.0 Å². The van der Waals surface area contributed by atoms with Crippen LogP contribution in [-0.4, -0.2) is 29.0 Å². The molecule has 0 bridgehead atoms. The molecule has 9 heteroatoms. The zero-order chi connectivity index (χ0) is 24.9. The Kier molecular flexibility index (Phi) is 6.55. The molecule has 2 aromatic rings. The van der Waals surface area contributed by atoms with Gasteiger partial charge in [0, 0.05) is 22.8 Å². The second-order valence-electron chi connectivity index (χ2n) is 8.65. The Hall–Kier alpha value is -2.38. The number of benzene rings is 2. The second-order valence-corrected chi connectivity index (χ2v) is 10.2. The van der Waals surface area contributed by atoms with E-state index in [9.17, 15) is 9.59 Å². The van der Waals surface area contributed by atoms with Gasteiger partial charge in [-0.1, -0.05) is 46.9 Å². The number of nitrogens with one attached hydrogen (secondary N) is 1.